The van der Waals surface area contributed by atoms with Crippen molar-refractivity contribution in [3.05, 3.63) is 48.0 Å². The summed E-state index contributed by atoms with van der Waals surface area (Å²) in [6.07, 6.45) is 11.0. The number of anilines is 2. The maximum atomic E-state index is 12.3. The number of carbonyl (C=O) groups excluding carboxylic acids is 2. The summed E-state index contributed by atoms with van der Waals surface area (Å²) in [7, 11) is 0. The lowest BCUT2D eigenvalue weighted by Crippen LogP contribution is -2.38. The minimum Gasteiger partial charge on any atom is -0.456 e. The van der Waals surface area contributed by atoms with Gasteiger partial charge in [-0.3, -0.25) is 14.6 Å². The third-order valence-corrected chi connectivity index (χ3v) is 7.74. The van der Waals surface area contributed by atoms with Gasteiger partial charge < -0.3 is 19.5 Å². The Balaban J connectivity index is 1.25. The number of aromatic nitrogens is 5. The van der Waals surface area contributed by atoms with Gasteiger partial charge in [-0.1, -0.05) is 13.0 Å². The van der Waals surface area contributed by atoms with Gasteiger partial charge in [-0.15, -0.1) is 0 Å². The van der Waals surface area contributed by atoms with Gasteiger partial charge in [0.15, 0.2) is 6.61 Å². The summed E-state index contributed by atoms with van der Waals surface area (Å²) in [4.78, 5) is 43.8. The molecule has 1 saturated carbocycles. The van der Waals surface area contributed by atoms with E-state index in [9.17, 15) is 9.59 Å². The van der Waals surface area contributed by atoms with Crippen LogP contribution < -0.4 is 5.32 Å². The van der Waals surface area contributed by atoms with E-state index in [4.69, 9.17) is 14.7 Å². The third-order valence-electron chi connectivity index (χ3n) is 7.74. The van der Waals surface area contributed by atoms with Crippen LogP contribution in [0.25, 0.3) is 21.9 Å². The van der Waals surface area contributed by atoms with Gasteiger partial charge in [-0.05, 0) is 49.3 Å². The minimum absolute atomic E-state index is 0.201. The fourth-order valence-corrected chi connectivity index (χ4v) is 5.66. The molecule has 0 spiro atoms. The molecule has 1 fully saturated rings. The number of hydrogen-bond acceptors (Lipinski definition) is 8. The molecule has 10 nitrogen and oxygen atoms in total. The summed E-state index contributed by atoms with van der Waals surface area (Å²) in [5.41, 5.74) is 3.94. The number of nitrogens with one attached hydrogen (secondary N) is 1. The van der Waals surface area contributed by atoms with Crippen LogP contribution in [0.15, 0.2) is 36.8 Å². The summed E-state index contributed by atoms with van der Waals surface area (Å²) in [6, 6.07) is 6.29. The number of fused-ring (bicyclic) bond motifs is 4. The Morgan fingerprint density at radius 1 is 1.08 bits per heavy atom. The highest BCUT2D eigenvalue weighted by Crippen LogP contribution is 2.38. The topological polar surface area (TPSA) is 115 Å². The highest BCUT2D eigenvalue weighted by Gasteiger charge is 2.25. The van der Waals surface area contributed by atoms with Gasteiger partial charge in [0.25, 0.3) is 5.91 Å². The molecule has 1 N–H and O–H groups in total. The molecule has 0 saturated heterocycles. The number of hydrogen-bond donors (Lipinski definition) is 1. The molecule has 4 aromatic heterocycles. The molecule has 0 bridgehead atoms. The lowest BCUT2D eigenvalue weighted by atomic mass is 9.87. The van der Waals surface area contributed by atoms with Crippen molar-refractivity contribution in [2.45, 2.75) is 58.5 Å². The molecule has 1 aliphatic heterocycles. The Bertz CT molecular complexity index is 1520. The smallest absolute Gasteiger partial charge is 0.303 e. The molecule has 38 heavy (non-hydrogen) atoms. The van der Waals surface area contributed by atoms with E-state index >= 15 is 0 Å². The van der Waals surface area contributed by atoms with Gasteiger partial charge in [0.1, 0.15) is 11.5 Å². The molecule has 10 heteroatoms. The van der Waals surface area contributed by atoms with Crippen molar-refractivity contribution in [3.8, 4) is 0 Å². The van der Waals surface area contributed by atoms with Crippen LogP contribution in [0.3, 0.4) is 0 Å². The Kier molecular flexibility index (Phi) is 6.39. The van der Waals surface area contributed by atoms with E-state index in [1.165, 1.54) is 19.8 Å². The fourth-order valence-electron chi connectivity index (χ4n) is 5.66. The van der Waals surface area contributed by atoms with Crippen LogP contribution in [0.4, 0.5) is 11.8 Å². The van der Waals surface area contributed by atoms with E-state index < -0.39 is 5.97 Å². The average molecular weight is 514 g/mol. The number of pyridine rings is 2. The second kappa shape index (κ2) is 10.00. The van der Waals surface area contributed by atoms with Crippen LogP contribution in [0.5, 0.6) is 0 Å². The van der Waals surface area contributed by atoms with Crippen LogP contribution in [0, 0.1) is 5.92 Å². The van der Waals surface area contributed by atoms with Crippen molar-refractivity contribution in [3.63, 3.8) is 0 Å². The molecule has 196 valence electrons. The highest BCUT2D eigenvalue weighted by molar-refractivity contribution is 6.06. The zero-order valence-corrected chi connectivity index (χ0v) is 21.7. The van der Waals surface area contributed by atoms with Crippen molar-refractivity contribution in [2.75, 3.05) is 18.5 Å². The number of rotatable bonds is 5. The van der Waals surface area contributed by atoms with Crippen LogP contribution in [0.2, 0.25) is 0 Å². The maximum Gasteiger partial charge on any atom is 0.303 e. The number of nitrogens with zero attached hydrogens (tertiary/aromatic N) is 6. The van der Waals surface area contributed by atoms with Crippen LogP contribution in [-0.2, 0) is 27.3 Å². The van der Waals surface area contributed by atoms with Crippen molar-refractivity contribution >= 4 is 45.6 Å². The van der Waals surface area contributed by atoms with Gasteiger partial charge in [-0.2, -0.15) is 4.98 Å². The Morgan fingerprint density at radius 3 is 2.74 bits per heavy atom. The third kappa shape index (κ3) is 4.66. The molecule has 5 heterocycles. The first-order valence-corrected chi connectivity index (χ1v) is 13.2. The first-order valence-electron chi connectivity index (χ1n) is 13.2. The number of esters is 1. The van der Waals surface area contributed by atoms with Gasteiger partial charge in [0.05, 0.1) is 11.7 Å². The lowest BCUT2D eigenvalue weighted by molar-refractivity contribution is -0.150. The fraction of sp³-hybridized carbons (Fsp3) is 0.429. The molecule has 0 unspecified atom stereocenters. The molecule has 1 aliphatic carbocycles. The van der Waals surface area contributed by atoms with E-state index in [1.54, 1.807) is 4.90 Å². The second-order valence-electron chi connectivity index (χ2n) is 10.4. The maximum absolute atomic E-state index is 12.3. The van der Waals surface area contributed by atoms with Crippen LogP contribution in [-0.4, -0.2) is 54.4 Å². The van der Waals surface area contributed by atoms with E-state index in [1.807, 2.05) is 36.8 Å². The summed E-state index contributed by atoms with van der Waals surface area (Å²) >= 11 is 0. The summed E-state index contributed by atoms with van der Waals surface area (Å²) in [6.45, 7) is 4.37. The normalized spacial score (nSPS) is 19.4. The molecule has 1 amide bonds. The molecule has 0 aromatic carbocycles. The largest absolute Gasteiger partial charge is 0.456 e. The number of carbonyl (C=O) groups is 2. The lowest BCUT2D eigenvalue weighted by Gasteiger charge is -2.28. The first kappa shape index (κ1) is 24.3. The Morgan fingerprint density at radius 2 is 1.92 bits per heavy atom. The molecule has 4 aromatic rings. The standard InChI is InChI=1S/C28H31N7O3/c1-17-3-6-20(7-4-17)35-24-14-29-11-9-21(24)22-13-30-28(33-27(22)35)32-25-8-5-19-15-34(12-10-23(19)31-25)26(37)16-38-18(2)36/h5,8-9,11,13-14,17,20H,3-4,6-7,10,12,15-16H2,1-2H3,(H,30,31,32,33). The Labute approximate surface area is 220 Å². The van der Waals surface area contributed by atoms with Gasteiger partial charge in [-0.25, -0.2) is 9.97 Å². The van der Waals surface area contributed by atoms with Gasteiger partial charge in [0, 0.05) is 61.3 Å². The van der Waals surface area contributed by atoms with Crippen molar-refractivity contribution in [2.24, 2.45) is 5.92 Å². The molecule has 0 atom stereocenters. The van der Waals surface area contributed by atoms with Crippen LogP contribution >= 0.6 is 0 Å². The van der Waals surface area contributed by atoms with Crippen molar-refractivity contribution < 1.29 is 14.3 Å². The summed E-state index contributed by atoms with van der Waals surface area (Å²) in [5, 5.41) is 5.45. The highest BCUT2D eigenvalue weighted by atomic mass is 16.5. The van der Waals surface area contributed by atoms with Gasteiger partial charge in [0.2, 0.25) is 5.95 Å². The molecule has 2 aliphatic rings. The average Bonchev–Trinajstić information content (AvgIpc) is 3.25. The summed E-state index contributed by atoms with van der Waals surface area (Å²) < 4.78 is 7.22. The zero-order valence-electron chi connectivity index (χ0n) is 21.7. The monoisotopic (exact) mass is 513 g/mol. The van der Waals surface area contributed by atoms with Crippen LogP contribution in [0.1, 0.15) is 56.8 Å². The van der Waals surface area contributed by atoms with E-state index in [0.29, 0.717) is 37.3 Å². The van der Waals surface area contributed by atoms with Crippen molar-refractivity contribution in [1.82, 2.24) is 29.4 Å². The SMILES string of the molecule is CC(=O)OCC(=O)N1CCc2nc(Nc3ncc4c5ccncc5n(C5CCC(C)CC5)c4n3)ccc2C1. The van der Waals surface area contributed by atoms with E-state index in [-0.39, 0.29) is 12.5 Å². The van der Waals surface area contributed by atoms with E-state index in [2.05, 4.69) is 26.8 Å². The molecule has 0 radical (unpaired) electrons. The minimum atomic E-state index is -0.459. The predicted octanol–water partition coefficient (Wildman–Crippen LogP) is 4.32. The first-order chi connectivity index (χ1) is 18.5. The number of ether oxygens (including phenoxy) is 1. The zero-order chi connectivity index (χ0) is 26.2. The summed E-state index contributed by atoms with van der Waals surface area (Å²) in [5.74, 6) is 1.27. The predicted molar refractivity (Wildman–Crippen MR) is 143 cm³/mol. The molecular weight excluding hydrogens is 482 g/mol. The number of amides is 1. The molecular formula is C28H31N7O3. The Hall–Kier alpha value is -4.08. The van der Waals surface area contributed by atoms with E-state index in [0.717, 1.165) is 52.0 Å². The molecule has 6 rings (SSSR count). The second-order valence-corrected chi connectivity index (χ2v) is 10.4. The quantitative estimate of drug-likeness (QED) is 0.393. The van der Waals surface area contributed by atoms with Gasteiger partial charge >= 0.3 is 5.97 Å². The van der Waals surface area contributed by atoms with Crippen molar-refractivity contribution in [1.29, 1.82) is 0 Å².